The monoisotopic (exact) mass is 521 g/mol. The average Bonchev–Trinajstić information content (AvgIpc) is 3.41. The van der Waals surface area contributed by atoms with Gasteiger partial charge < -0.3 is 24.6 Å². The van der Waals surface area contributed by atoms with Gasteiger partial charge in [-0.2, -0.15) is 0 Å². The number of carbonyl (C=O) groups excluding carboxylic acids is 2. The lowest BCUT2D eigenvalue weighted by Gasteiger charge is -2.12. The smallest absolute Gasteiger partial charge is 0.343 e. The van der Waals surface area contributed by atoms with E-state index in [4.69, 9.17) is 24.3 Å². The van der Waals surface area contributed by atoms with Gasteiger partial charge in [-0.05, 0) is 24.3 Å². The molecule has 0 aromatic carbocycles. The molecule has 4 aromatic rings. The molecule has 0 aliphatic heterocycles. The first kappa shape index (κ1) is 25.7. The Labute approximate surface area is 216 Å². The number of nitrogens with one attached hydrogen (secondary N) is 1. The number of anilines is 1. The van der Waals surface area contributed by atoms with Gasteiger partial charge >= 0.3 is 5.97 Å². The largest absolute Gasteiger partial charge is 0.480 e. The first-order valence-corrected chi connectivity index (χ1v) is 11.9. The van der Waals surface area contributed by atoms with Crippen molar-refractivity contribution in [1.29, 1.82) is 0 Å². The summed E-state index contributed by atoms with van der Waals surface area (Å²) in [5.74, 6) is -0.0517. The van der Waals surface area contributed by atoms with E-state index in [9.17, 15) is 9.59 Å². The van der Waals surface area contributed by atoms with Crippen LogP contribution in [0, 0.1) is 0 Å². The van der Waals surface area contributed by atoms with E-state index in [-0.39, 0.29) is 30.6 Å². The van der Waals surface area contributed by atoms with E-state index >= 15 is 0 Å². The van der Waals surface area contributed by atoms with E-state index in [0.29, 0.717) is 44.7 Å². The van der Waals surface area contributed by atoms with Crippen LogP contribution in [0.2, 0.25) is 0 Å². The SMILES string of the molecule is COC(=O)c1cc(-c2cnc(NC(C)=O)cc2-c2nc(-c3cccnc3OCCO)cs2)cnc1OC. The lowest BCUT2D eigenvalue weighted by molar-refractivity contribution is -0.114. The molecule has 190 valence electrons. The maximum atomic E-state index is 12.3. The molecule has 0 aliphatic rings. The molecule has 4 heterocycles. The number of esters is 1. The van der Waals surface area contributed by atoms with E-state index in [1.165, 1.54) is 32.5 Å². The molecular formula is C25H23N5O6S. The second kappa shape index (κ2) is 11.5. The van der Waals surface area contributed by atoms with Gasteiger partial charge in [0.1, 0.15) is 23.0 Å². The van der Waals surface area contributed by atoms with Gasteiger partial charge in [0.15, 0.2) is 0 Å². The fraction of sp³-hybridized carbons (Fsp3) is 0.200. The van der Waals surface area contributed by atoms with Gasteiger partial charge in [0.05, 0.1) is 32.1 Å². The molecule has 0 aliphatic carbocycles. The molecule has 0 unspecified atom stereocenters. The van der Waals surface area contributed by atoms with Crippen LogP contribution in [0.15, 0.2) is 48.2 Å². The van der Waals surface area contributed by atoms with E-state index in [1.807, 2.05) is 11.4 Å². The van der Waals surface area contributed by atoms with E-state index < -0.39 is 5.97 Å². The number of pyridine rings is 3. The van der Waals surface area contributed by atoms with Crippen molar-refractivity contribution in [3.8, 4) is 44.7 Å². The minimum Gasteiger partial charge on any atom is -0.480 e. The van der Waals surface area contributed by atoms with Crippen LogP contribution in [0.3, 0.4) is 0 Å². The highest BCUT2D eigenvalue weighted by Gasteiger charge is 2.20. The lowest BCUT2D eigenvalue weighted by atomic mass is 10.0. The van der Waals surface area contributed by atoms with Gasteiger partial charge in [0.2, 0.25) is 17.7 Å². The fourth-order valence-electron chi connectivity index (χ4n) is 3.49. The number of aliphatic hydroxyl groups excluding tert-OH is 1. The van der Waals surface area contributed by atoms with Crippen LogP contribution in [0.4, 0.5) is 5.82 Å². The third-order valence-corrected chi connectivity index (χ3v) is 5.96. The van der Waals surface area contributed by atoms with Crippen LogP contribution in [0.5, 0.6) is 11.8 Å². The van der Waals surface area contributed by atoms with Crippen LogP contribution in [0.1, 0.15) is 17.3 Å². The number of carbonyl (C=O) groups is 2. The molecule has 37 heavy (non-hydrogen) atoms. The maximum Gasteiger partial charge on any atom is 0.343 e. The van der Waals surface area contributed by atoms with Crippen molar-refractivity contribution in [3.63, 3.8) is 0 Å². The Balaban J connectivity index is 1.83. The molecule has 4 rings (SSSR count). The van der Waals surface area contributed by atoms with Crippen LogP contribution in [-0.2, 0) is 9.53 Å². The second-order valence-corrected chi connectivity index (χ2v) is 8.39. The number of thiazole rings is 1. The molecule has 2 N–H and O–H groups in total. The van der Waals surface area contributed by atoms with Gasteiger partial charge in [0, 0.05) is 47.6 Å². The van der Waals surface area contributed by atoms with Gasteiger partial charge in [-0.1, -0.05) is 0 Å². The number of hydrogen-bond donors (Lipinski definition) is 2. The molecule has 0 fully saturated rings. The average molecular weight is 522 g/mol. The van der Waals surface area contributed by atoms with Gasteiger partial charge in [-0.25, -0.2) is 24.7 Å². The van der Waals surface area contributed by atoms with Crippen molar-refractivity contribution in [1.82, 2.24) is 19.9 Å². The highest BCUT2D eigenvalue weighted by molar-refractivity contribution is 7.13. The lowest BCUT2D eigenvalue weighted by Crippen LogP contribution is -2.08. The third kappa shape index (κ3) is 5.71. The second-order valence-electron chi connectivity index (χ2n) is 7.53. The Morgan fingerprint density at radius 2 is 1.89 bits per heavy atom. The Kier molecular flexibility index (Phi) is 8.01. The Bertz CT molecular complexity index is 1440. The van der Waals surface area contributed by atoms with Crippen molar-refractivity contribution >= 4 is 29.0 Å². The van der Waals surface area contributed by atoms with Gasteiger partial charge in [-0.15, -0.1) is 11.3 Å². The Hall–Kier alpha value is -4.42. The van der Waals surface area contributed by atoms with Gasteiger partial charge in [-0.3, -0.25) is 4.79 Å². The number of ether oxygens (including phenoxy) is 3. The highest BCUT2D eigenvalue weighted by atomic mass is 32.1. The summed E-state index contributed by atoms with van der Waals surface area (Å²) >= 11 is 1.37. The molecular weight excluding hydrogens is 498 g/mol. The summed E-state index contributed by atoms with van der Waals surface area (Å²) in [6.07, 6.45) is 4.73. The first-order chi connectivity index (χ1) is 17.9. The van der Waals surface area contributed by atoms with E-state index in [0.717, 1.165) is 0 Å². The zero-order valence-electron chi connectivity index (χ0n) is 20.2. The number of methoxy groups -OCH3 is 2. The minimum absolute atomic E-state index is 0.0998. The van der Waals surface area contributed by atoms with E-state index in [1.54, 1.807) is 36.8 Å². The molecule has 0 atom stereocenters. The molecule has 0 radical (unpaired) electrons. The fourth-order valence-corrected chi connectivity index (χ4v) is 4.34. The number of aromatic nitrogens is 4. The maximum absolute atomic E-state index is 12.3. The van der Waals surface area contributed by atoms with Crippen molar-refractivity contribution in [2.75, 3.05) is 32.8 Å². The number of rotatable bonds is 9. The third-order valence-electron chi connectivity index (χ3n) is 5.08. The highest BCUT2D eigenvalue weighted by Crippen LogP contribution is 2.38. The summed E-state index contributed by atoms with van der Waals surface area (Å²) in [6.45, 7) is 1.35. The number of aliphatic hydroxyl groups is 1. The predicted octanol–water partition coefficient (Wildman–Crippen LogP) is 3.45. The molecule has 0 saturated heterocycles. The standard InChI is InChI=1S/C25H23N5O6S/c1-14(32)29-21-10-17(19(12-27-21)15-9-18(25(33)35-3)22(34-2)28-11-15)24-30-20(13-37-24)16-5-4-6-26-23(16)36-8-7-31/h4-6,9-13,31H,7-8H2,1-3H3,(H,27,29,32). The molecule has 0 spiro atoms. The topological polar surface area (TPSA) is 146 Å². The summed E-state index contributed by atoms with van der Waals surface area (Å²) in [4.78, 5) is 41.6. The number of amides is 1. The molecule has 0 saturated carbocycles. The molecule has 4 aromatic heterocycles. The van der Waals surface area contributed by atoms with Crippen molar-refractivity contribution < 1.29 is 28.9 Å². The Morgan fingerprint density at radius 1 is 1.05 bits per heavy atom. The quantitative estimate of drug-likeness (QED) is 0.314. The zero-order valence-corrected chi connectivity index (χ0v) is 21.0. The van der Waals surface area contributed by atoms with Crippen molar-refractivity contribution in [2.45, 2.75) is 6.92 Å². The number of nitrogens with zero attached hydrogens (tertiary/aromatic N) is 4. The van der Waals surface area contributed by atoms with Crippen LogP contribution >= 0.6 is 11.3 Å². The minimum atomic E-state index is -0.598. The normalized spacial score (nSPS) is 10.6. The van der Waals surface area contributed by atoms with Crippen molar-refractivity contribution in [2.24, 2.45) is 0 Å². The van der Waals surface area contributed by atoms with Crippen molar-refractivity contribution in [3.05, 3.63) is 53.8 Å². The van der Waals surface area contributed by atoms with E-state index in [2.05, 4.69) is 20.3 Å². The molecule has 12 heteroatoms. The Morgan fingerprint density at radius 3 is 2.62 bits per heavy atom. The summed E-state index contributed by atoms with van der Waals surface area (Å²) in [7, 11) is 2.69. The van der Waals surface area contributed by atoms with Gasteiger partial charge in [0.25, 0.3) is 0 Å². The van der Waals surface area contributed by atoms with Crippen LogP contribution < -0.4 is 14.8 Å². The molecule has 11 nitrogen and oxygen atoms in total. The molecule has 0 bridgehead atoms. The van der Waals surface area contributed by atoms with Crippen LogP contribution in [0.25, 0.3) is 33.0 Å². The first-order valence-electron chi connectivity index (χ1n) is 11.0. The summed E-state index contributed by atoms with van der Waals surface area (Å²) in [5, 5.41) is 14.3. The number of hydrogen-bond acceptors (Lipinski definition) is 11. The zero-order chi connectivity index (χ0) is 26.4. The summed E-state index contributed by atoms with van der Waals surface area (Å²) in [5.41, 5.74) is 3.28. The summed E-state index contributed by atoms with van der Waals surface area (Å²) in [6, 6.07) is 6.90. The predicted molar refractivity (Wildman–Crippen MR) is 137 cm³/mol. The molecule has 1 amide bonds. The summed E-state index contributed by atoms with van der Waals surface area (Å²) < 4.78 is 15.6. The van der Waals surface area contributed by atoms with Crippen LogP contribution in [-0.4, -0.2) is 64.4 Å².